The third-order valence-electron chi connectivity index (χ3n) is 4.91. The maximum atomic E-state index is 12.7. The topological polar surface area (TPSA) is 33.2 Å². The van der Waals surface area contributed by atoms with Crippen LogP contribution in [0.15, 0.2) is 23.1 Å². The molecule has 1 heterocycles. The van der Waals surface area contributed by atoms with E-state index in [1.807, 2.05) is 24.9 Å². The first-order chi connectivity index (χ1) is 10.5. The first-order valence-corrected chi connectivity index (χ1v) is 9.03. The van der Waals surface area contributed by atoms with Crippen molar-refractivity contribution in [3.8, 4) is 0 Å². The Morgan fingerprint density at radius 1 is 1.32 bits per heavy atom. The van der Waals surface area contributed by atoms with Crippen LogP contribution in [0.25, 0.3) is 5.57 Å². The van der Waals surface area contributed by atoms with Gasteiger partial charge in [-0.25, -0.2) is 4.98 Å². The number of hydrogen-bond acceptors (Lipinski definition) is 3. The second-order valence-electron chi connectivity index (χ2n) is 6.61. The molecule has 0 aromatic carbocycles. The molecule has 1 amide bonds. The summed E-state index contributed by atoms with van der Waals surface area (Å²) in [5, 5.41) is 3.13. The highest BCUT2D eigenvalue weighted by Gasteiger charge is 2.27. The average molecular weight is 316 g/mol. The number of thiazole rings is 1. The molecule has 1 aromatic rings. The number of carbonyl (C=O) groups is 1. The van der Waals surface area contributed by atoms with E-state index in [1.165, 1.54) is 12.8 Å². The normalized spacial score (nSPS) is 24.9. The van der Waals surface area contributed by atoms with Gasteiger partial charge in [0.1, 0.15) is 0 Å². The zero-order valence-electron chi connectivity index (χ0n) is 13.6. The number of rotatable bonds is 3. The second-order valence-corrected chi connectivity index (χ2v) is 7.68. The van der Waals surface area contributed by atoms with Gasteiger partial charge in [-0.2, -0.15) is 0 Å². The number of nitrogens with zero attached hydrogens (tertiary/aromatic N) is 2. The van der Waals surface area contributed by atoms with E-state index in [-0.39, 0.29) is 5.91 Å². The van der Waals surface area contributed by atoms with Crippen LogP contribution < -0.4 is 0 Å². The fourth-order valence-electron chi connectivity index (χ4n) is 3.37. The van der Waals surface area contributed by atoms with Gasteiger partial charge < -0.3 is 4.90 Å². The summed E-state index contributed by atoms with van der Waals surface area (Å²) in [7, 11) is 1.97. The Labute approximate surface area is 136 Å². The van der Waals surface area contributed by atoms with Crippen LogP contribution in [-0.2, 0) is 4.79 Å². The molecule has 0 aliphatic heterocycles. The Morgan fingerprint density at radius 3 is 2.68 bits per heavy atom. The van der Waals surface area contributed by atoms with Crippen molar-refractivity contribution >= 4 is 22.8 Å². The number of carbonyl (C=O) groups excluding carboxylic acids is 1. The van der Waals surface area contributed by atoms with Gasteiger partial charge in [-0.15, -0.1) is 11.3 Å². The molecule has 3 nitrogen and oxygen atoms in total. The van der Waals surface area contributed by atoms with Crippen LogP contribution in [0.5, 0.6) is 0 Å². The molecule has 0 unspecified atom stereocenters. The fourth-order valence-corrected chi connectivity index (χ4v) is 3.99. The quantitative estimate of drug-likeness (QED) is 0.837. The Kier molecular flexibility index (Phi) is 4.48. The molecular weight excluding hydrogens is 292 g/mol. The van der Waals surface area contributed by atoms with Crippen LogP contribution in [0.4, 0.5) is 0 Å². The predicted octanol–water partition coefficient (Wildman–Crippen LogP) is 4.20. The van der Waals surface area contributed by atoms with E-state index in [0.29, 0.717) is 6.04 Å². The molecule has 3 rings (SSSR count). The minimum atomic E-state index is 0.192. The van der Waals surface area contributed by atoms with Crippen molar-refractivity contribution in [3.63, 3.8) is 0 Å². The summed E-state index contributed by atoms with van der Waals surface area (Å²) in [4.78, 5) is 19.2. The van der Waals surface area contributed by atoms with Gasteiger partial charge in [0.05, 0.1) is 10.7 Å². The van der Waals surface area contributed by atoms with E-state index in [4.69, 9.17) is 0 Å². The predicted molar refractivity (Wildman–Crippen MR) is 91.7 cm³/mol. The Hall–Kier alpha value is -1.42. The molecular formula is C18H24N2OS. The third kappa shape index (κ3) is 3.17. The van der Waals surface area contributed by atoms with Gasteiger partial charge in [0.2, 0.25) is 5.91 Å². The lowest BCUT2D eigenvalue weighted by molar-refractivity contribution is -0.128. The van der Waals surface area contributed by atoms with Gasteiger partial charge >= 0.3 is 0 Å². The number of amides is 1. The van der Waals surface area contributed by atoms with E-state index in [9.17, 15) is 4.79 Å². The first kappa shape index (κ1) is 15.5. The standard InChI is InChI=1S/C18H24N2OS/c1-12-4-8-16(9-5-12)20(3)18(21)15-7-6-14(10-15)17-11-22-13(2)19-17/h6,10-12,16H,4-5,7-9H2,1-3H3. The number of allylic oxidation sites excluding steroid dienone is 3. The molecule has 4 heteroatoms. The molecule has 0 N–H and O–H groups in total. The number of hydrogen-bond donors (Lipinski definition) is 0. The summed E-state index contributed by atoms with van der Waals surface area (Å²) in [6.07, 6.45) is 9.64. The second kappa shape index (κ2) is 6.37. The molecule has 1 fully saturated rings. The van der Waals surface area contributed by atoms with Gasteiger partial charge in [-0.1, -0.05) is 13.0 Å². The molecule has 1 aromatic heterocycles. The Bertz CT molecular complexity index is 621. The molecule has 0 spiro atoms. The highest BCUT2D eigenvalue weighted by Crippen LogP contribution is 2.31. The SMILES string of the molecule is Cc1nc(C2=CCC(C(=O)N(C)C3CCC(C)CC3)=C2)cs1. The van der Waals surface area contributed by atoms with E-state index in [2.05, 4.69) is 23.4 Å². The van der Waals surface area contributed by atoms with Gasteiger partial charge in [-0.3, -0.25) is 4.79 Å². The highest BCUT2D eigenvalue weighted by molar-refractivity contribution is 7.09. The average Bonchev–Trinajstić information content (AvgIpc) is 3.15. The summed E-state index contributed by atoms with van der Waals surface area (Å²) < 4.78 is 0. The molecule has 2 aliphatic carbocycles. The van der Waals surface area contributed by atoms with Gasteiger partial charge in [-0.05, 0) is 56.6 Å². The molecule has 0 saturated heterocycles. The molecule has 1 saturated carbocycles. The molecule has 118 valence electrons. The lowest BCUT2D eigenvalue weighted by Crippen LogP contribution is -2.39. The fraction of sp³-hybridized carbons (Fsp3) is 0.556. The molecule has 0 radical (unpaired) electrons. The lowest BCUT2D eigenvalue weighted by atomic mass is 9.86. The maximum absolute atomic E-state index is 12.7. The number of aryl methyl sites for hydroxylation is 1. The zero-order valence-corrected chi connectivity index (χ0v) is 14.4. The summed E-state index contributed by atoms with van der Waals surface area (Å²) in [5.41, 5.74) is 3.00. The smallest absolute Gasteiger partial charge is 0.250 e. The van der Waals surface area contributed by atoms with Gasteiger partial charge in [0.25, 0.3) is 0 Å². The monoisotopic (exact) mass is 316 g/mol. The van der Waals surface area contributed by atoms with Crippen molar-refractivity contribution in [1.82, 2.24) is 9.88 Å². The lowest BCUT2D eigenvalue weighted by Gasteiger charge is -2.33. The van der Waals surface area contributed by atoms with E-state index < -0.39 is 0 Å². The molecule has 0 bridgehead atoms. The van der Waals surface area contributed by atoms with Gasteiger partial charge in [0.15, 0.2) is 0 Å². The third-order valence-corrected chi connectivity index (χ3v) is 5.69. The van der Waals surface area contributed by atoms with Crippen molar-refractivity contribution in [1.29, 1.82) is 0 Å². The Balaban J connectivity index is 1.66. The summed E-state index contributed by atoms with van der Waals surface area (Å²) in [6, 6.07) is 0.412. The largest absolute Gasteiger partial charge is 0.339 e. The van der Waals surface area contributed by atoms with Crippen molar-refractivity contribution in [2.75, 3.05) is 7.05 Å². The molecule has 0 atom stereocenters. The van der Waals surface area contributed by atoms with Crippen molar-refractivity contribution in [3.05, 3.63) is 33.8 Å². The van der Waals surface area contributed by atoms with Crippen LogP contribution in [-0.4, -0.2) is 28.9 Å². The van der Waals surface area contributed by atoms with E-state index >= 15 is 0 Å². The minimum absolute atomic E-state index is 0.192. The zero-order chi connectivity index (χ0) is 15.7. The van der Waals surface area contributed by atoms with Crippen molar-refractivity contribution in [2.24, 2.45) is 5.92 Å². The van der Waals surface area contributed by atoms with Crippen molar-refractivity contribution < 1.29 is 4.79 Å². The van der Waals surface area contributed by atoms with Crippen LogP contribution >= 0.6 is 11.3 Å². The Morgan fingerprint density at radius 2 is 2.05 bits per heavy atom. The first-order valence-electron chi connectivity index (χ1n) is 8.15. The van der Waals surface area contributed by atoms with Gasteiger partial charge in [0, 0.05) is 24.0 Å². The molecule has 2 aliphatic rings. The van der Waals surface area contributed by atoms with Crippen LogP contribution in [0.2, 0.25) is 0 Å². The summed E-state index contributed by atoms with van der Waals surface area (Å²) >= 11 is 1.65. The highest BCUT2D eigenvalue weighted by atomic mass is 32.1. The molecule has 22 heavy (non-hydrogen) atoms. The number of likely N-dealkylation sites (N-methyl/N-ethyl adjacent to an activating group) is 1. The van der Waals surface area contributed by atoms with E-state index in [1.54, 1.807) is 11.3 Å². The van der Waals surface area contributed by atoms with Crippen LogP contribution in [0.3, 0.4) is 0 Å². The maximum Gasteiger partial charge on any atom is 0.250 e. The van der Waals surface area contributed by atoms with Crippen LogP contribution in [0.1, 0.15) is 49.7 Å². The minimum Gasteiger partial charge on any atom is -0.339 e. The van der Waals surface area contributed by atoms with Crippen LogP contribution in [0, 0.1) is 12.8 Å². The summed E-state index contributed by atoms with van der Waals surface area (Å²) in [6.45, 7) is 4.32. The number of aromatic nitrogens is 1. The van der Waals surface area contributed by atoms with Crippen molar-refractivity contribution in [2.45, 2.75) is 52.0 Å². The summed E-state index contributed by atoms with van der Waals surface area (Å²) in [5.74, 6) is 1.00. The van der Waals surface area contributed by atoms with E-state index in [0.717, 1.165) is 47.0 Å².